The van der Waals surface area contributed by atoms with Gasteiger partial charge in [0.05, 0.1) is 11.4 Å². The molecular weight excluding hydrogens is 280 g/mol. The Morgan fingerprint density at radius 3 is 1.91 bits per heavy atom. The Hall–Kier alpha value is -2.74. The summed E-state index contributed by atoms with van der Waals surface area (Å²) in [6, 6.07) is 25.4. The van der Waals surface area contributed by atoms with Crippen molar-refractivity contribution in [1.29, 1.82) is 0 Å². The van der Waals surface area contributed by atoms with Crippen molar-refractivity contribution in [2.24, 2.45) is 0 Å². The summed E-state index contributed by atoms with van der Waals surface area (Å²) in [5, 5.41) is 3.52. The van der Waals surface area contributed by atoms with Crippen LogP contribution in [0.4, 0.5) is 22.7 Å². The summed E-state index contributed by atoms with van der Waals surface area (Å²) >= 11 is 0. The average Bonchev–Trinajstić information content (AvgIpc) is 2.57. The summed E-state index contributed by atoms with van der Waals surface area (Å²) in [6.07, 6.45) is 0. The van der Waals surface area contributed by atoms with Crippen LogP contribution in [0.3, 0.4) is 0 Å². The van der Waals surface area contributed by atoms with Gasteiger partial charge in [-0.25, -0.2) is 0 Å². The van der Waals surface area contributed by atoms with Crippen LogP contribution in [0.1, 0.15) is 11.1 Å². The van der Waals surface area contributed by atoms with Gasteiger partial charge in [0.15, 0.2) is 0 Å². The normalized spacial score (nSPS) is 10.4. The monoisotopic (exact) mass is 302 g/mol. The van der Waals surface area contributed by atoms with Crippen molar-refractivity contribution in [2.45, 2.75) is 13.8 Å². The molecule has 0 saturated heterocycles. The van der Waals surface area contributed by atoms with Crippen LogP contribution in [0, 0.1) is 13.8 Å². The average molecular weight is 302 g/mol. The second-order valence-corrected chi connectivity index (χ2v) is 5.90. The molecule has 1 N–H and O–H groups in total. The van der Waals surface area contributed by atoms with Crippen LogP contribution in [0.25, 0.3) is 0 Å². The number of rotatable bonds is 4. The largest absolute Gasteiger partial charge is 0.354 e. The predicted molar refractivity (Wildman–Crippen MR) is 100 cm³/mol. The summed E-state index contributed by atoms with van der Waals surface area (Å²) in [7, 11) is 2.10. The maximum absolute atomic E-state index is 3.52. The molecule has 3 aromatic rings. The molecule has 3 aromatic carbocycles. The van der Waals surface area contributed by atoms with E-state index in [4.69, 9.17) is 0 Å². The van der Waals surface area contributed by atoms with E-state index >= 15 is 0 Å². The Morgan fingerprint density at radius 1 is 0.696 bits per heavy atom. The Labute approximate surface area is 138 Å². The molecule has 0 aliphatic heterocycles. The van der Waals surface area contributed by atoms with Crippen LogP contribution in [-0.4, -0.2) is 7.05 Å². The Bertz CT molecular complexity index is 774. The van der Waals surface area contributed by atoms with Crippen LogP contribution in [-0.2, 0) is 0 Å². The molecule has 3 rings (SSSR count). The summed E-state index contributed by atoms with van der Waals surface area (Å²) in [4.78, 5) is 2.20. The molecule has 116 valence electrons. The van der Waals surface area contributed by atoms with Crippen molar-refractivity contribution in [1.82, 2.24) is 0 Å². The molecule has 0 amide bonds. The van der Waals surface area contributed by atoms with Crippen molar-refractivity contribution < 1.29 is 0 Å². The quantitative estimate of drug-likeness (QED) is 0.653. The fraction of sp³-hybridized carbons (Fsp3) is 0.143. The van der Waals surface area contributed by atoms with E-state index in [2.05, 4.69) is 104 Å². The lowest BCUT2D eigenvalue weighted by atomic mass is 10.1. The zero-order chi connectivity index (χ0) is 16.2. The van der Waals surface area contributed by atoms with E-state index < -0.39 is 0 Å². The predicted octanol–water partition coefficient (Wildman–Crippen LogP) is 5.81. The number of nitrogens with one attached hydrogen (secondary N) is 1. The Balaban J connectivity index is 1.90. The van der Waals surface area contributed by atoms with E-state index in [0.717, 1.165) is 17.1 Å². The highest BCUT2D eigenvalue weighted by atomic mass is 15.1. The summed E-state index contributed by atoms with van der Waals surface area (Å²) in [5.41, 5.74) is 7.05. The summed E-state index contributed by atoms with van der Waals surface area (Å²) < 4.78 is 0. The van der Waals surface area contributed by atoms with Crippen molar-refractivity contribution >= 4 is 22.7 Å². The van der Waals surface area contributed by atoms with Gasteiger partial charge in [0.1, 0.15) is 0 Å². The molecule has 0 aromatic heterocycles. The number of aryl methyl sites for hydroxylation is 2. The lowest BCUT2D eigenvalue weighted by molar-refractivity contribution is 1.20. The maximum Gasteiger partial charge on any atom is 0.0647 e. The van der Waals surface area contributed by atoms with Gasteiger partial charge in [-0.2, -0.15) is 0 Å². The van der Waals surface area contributed by atoms with Crippen LogP contribution < -0.4 is 10.2 Å². The van der Waals surface area contributed by atoms with Crippen molar-refractivity contribution in [2.75, 3.05) is 17.3 Å². The van der Waals surface area contributed by atoms with Crippen LogP contribution in [0.5, 0.6) is 0 Å². The molecule has 0 saturated carbocycles. The third-order valence-electron chi connectivity index (χ3n) is 4.02. The summed E-state index contributed by atoms with van der Waals surface area (Å²) in [6.45, 7) is 4.21. The molecule has 0 atom stereocenters. The second kappa shape index (κ2) is 6.57. The SMILES string of the molecule is Cc1ccc(Nc2ccccc2N(C)c2ccc(C)cc2)cc1. The van der Waals surface area contributed by atoms with E-state index in [9.17, 15) is 0 Å². The number of para-hydroxylation sites is 2. The Morgan fingerprint density at radius 2 is 1.26 bits per heavy atom. The topological polar surface area (TPSA) is 15.3 Å². The zero-order valence-electron chi connectivity index (χ0n) is 13.9. The Kier molecular flexibility index (Phi) is 4.33. The molecule has 23 heavy (non-hydrogen) atoms. The van der Waals surface area contributed by atoms with E-state index in [1.54, 1.807) is 0 Å². The van der Waals surface area contributed by atoms with Crippen molar-refractivity contribution in [3.63, 3.8) is 0 Å². The van der Waals surface area contributed by atoms with Gasteiger partial charge in [-0.05, 0) is 50.2 Å². The standard InChI is InChI=1S/C21H22N2/c1-16-8-12-18(13-9-16)22-20-6-4-5-7-21(20)23(3)19-14-10-17(2)11-15-19/h4-15,22H,1-3H3. The van der Waals surface area contributed by atoms with Crippen LogP contribution in [0.15, 0.2) is 72.8 Å². The van der Waals surface area contributed by atoms with E-state index in [1.165, 1.54) is 16.8 Å². The lowest BCUT2D eigenvalue weighted by Crippen LogP contribution is -2.11. The van der Waals surface area contributed by atoms with Crippen LogP contribution >= 0.6 is 0 Å². The van der Waals surface area contributed by atoms with Gasteiger partial charge in [0.2, 0.25) is 0 Å². The van der Waals surface area contributed by atoms with Gasteiger partial charge in [0, 0.05) is 18.4 Å². The number of anilines is 4. The first-order chi connectivity index (χ1) is 11.1. The fourth-order valence-electron chi connectivity index (χ4n) is 2.57. The maximum atomic E-state index is 3.52. The summed E-state index contributed by atoms with van der Waals surface area (Å²) in [5.74, 6) is 0. The van der Waals surface area contributed by atoms with Crippen molar-refractivity contribution in [3.05, 3.63) is 83.9 Å². The molecule has 0 aliphatic rings. The molecule has 0 radical (unpaired) electrons. The highest BCUT2D eigenvalue weighted by Gasteiger charge is 2.09. The van der Waals surface area contributed by atoms with Gasteiger partial charge < -0.3 is 10.2 Å². The van der Waals surface area contributed by atoms with Gasteiger partial charge in [-0.1, -0.05) is 47.5 Å². The molecule has 0 spiro atoms. The minimum absolute atomic E-state index is 1.10. The fourth-order valence-corrected chi connectivity index (χ4v) is 2.57. The third kappa shape index (κ3) is 3.54. The van der Waals surface area contributed by atoms with Gasteiger partial charge in [-0.3, -0.25) is 0 Å². The van der Waals surface area contributed by atoms with Gasteiger partial charge >= 0.3 is 0 Å². The first kappa shape index (κ1) is 15.2. The number of nitrogens with zero attached hydrogens (tertiary/aromatic N) is 1. The first-order valence-electron chi connectivity index (χ1n) is 7.86. The van der Waals surface area contributed by atoms with Gasteiger partial charge in [-0.15, -0.1) is 0 Å². The van der Waals surface area contributed by atoms with Crippen LogP contribution in [0.2, 0.25) is 0 Å². The minimum Gasteiger partial charge on any atom is -0.354 e. The second-order valence-electron chi connectivity index (χ2n) is 5.90. The van der Waals surface area contributed by atoms with E-state index in [-0.39, 0.29) is 0 Å². The number of benzene rings is 3. The molecule has 0 heterocycles. The molecule has 0 aliphatic carbocycles. The van der Waals surface area contributed by atoms with Crippen molar-refractivity contribution in [3.8, 4) is 0 Å². The zero-order valence-corrected chi connectivity index (χ0v) is 13.9. The van der Waals surface area contributed by atoms with Gasteiger partial charge in [0.25, 0.3) is 0 Å². The minimum atomic E-state index is 1.10. The highest BCUT2D eigenvalue weighted by molar-refractivity contribution is 5.79. The highest BCUT2D eigenvalue weighted by Crippen LogP contribution is 2.32. The lowest BCUT2D eigenvalue weighted by Gasteiger charge is -2.23. The molecule has 0 bridgehead atoms. The molecule has 2 nitrogen and oxygen atoms in total. The first-order valence-corrected chi connectivity index (χ1v) is 7.86. The smallest absolute Gasteiger partial charge is 0.0647 e. The molecule has 0 unspecified atom stereocenters. The number of hydrogen-bond donors (Lipinski definition) is 1. The third-order valence-corrected chi connectivity index (χ3v) is 4.02. The molecule has 2 heteroatoms. The molecular formula is C21H22N2. The number of hydrogen-bond acceptors (Lipinski definition) is 2. The van der Waals surface area contributed by atoms with E-state index in [0.29, 0.717) is 0 Å². The molecule has 0 fully saturated rings. The van der Waals surface area contributed by atoms with E-state index in [1.807, 2.05) is 0 Å².